The van der Waals surface area contributed by atoms with Gasteiger partial charge < -0.3 is 14.1 Å². The lowest BCUT2D eigenvalue weighted by atomic mass is 10.1. The van der Waals surface area contributed by atoms with Crippen LogP contribution in [0, 0.1) is 0 Å². The van der Waals surface area contributed by atoms with Gasteiger partial charge in [0.25, 0.3) is 5.91 Å². The third kappa shape index (κ3) is 4.86. The highest BCUT2D eigenvalue weighted by atomic mass is 35.5. The maximum Gasteiger partial charge on any atom is 0.322 e. The molecular weight excluding hydrogens is 420 g/mol. The van der Waals surface area contributed by atoms with E-state index in [2.05, 4.69) is 15.5 Å². The summed E-state index contributed by atoms with van der Waals surface area (Å²) in [7, 11) is 0. The summed E-state index contributed by atoms with van der Waals surface area (Å²) in [4.78, 5) is 26.5. The lowest BCUT2D eigenvalue weighted by Crippen LogP contribution is -2.24. The number of halogens is 1. The minimum atomic E-state index is -0.373. The number of anilines is 2. The maximum absolute atomic E-state index is 12.4. The lowest BCUT2D eigenvalue weighted by Gasteiger charge is -2.16. The SMILES string of the molecule is CCCOc1ccc(C(=O)Nc2nnc([C@@H]3CC(=O)N(c4ccc(Cl)cc4)C3)o2)cc1. The Morgan fingerprint density at radius 2 is 1.94 bits per heavy atom. The van der Waals surface area contributed by atoms with Crippen molar-refractivity contribution >= 4 is 35.1 Å². The zero-order valence-corrected chi connectivity index (χ0v) is 17.6. The molecule has 9 heteroatoms. The molecule has 3 aromatic rings. The smallest absolute Gasteiger partial charge is 0.322 e. The fourth-order valence-electron chi connectivity index (χ4n) is 3.29. The molecule has 1 N–H and O–H groups in total. The number of carbonyl (C=O) groups is 2. The number of carbonyl (C=O) groups excluding carboxylic acids is 2. The molecule has 0 unspecified atom stereocenters. The fraction of sp³-hybridized carbons (Fsp3) is 0.273. The number of hydrogen-bond donors (Lipinski definition) is 1. The number of nitrogens with one attached hydrogen (secondary N) is 1. The van der Waals surface area contributed by atoms with Gasteiger partial charge in [-0.15, -0.1) is 5.10 Å². The van der Waals surface area contributed by atoms with E-state index in [9.17, 15) is 9.59 Å². The molecule has 8 nitrogen and oxygen atoms in total. The Labute approximate surface area is 184 Å². The molecule has 2 amide bonds. The van der Waals surface area contributed by atoms with Crippen molar-refractivity contribution < 1.29 is 18.7 Å². The summed E-state index contributed by atoms with van der Waals surface area (Å²) in [6.07, 6.45) is 1.16. The Bertz CT molecular complexity index is 1070. The number of benzene rings is 2. The highest BCUT2D eigenvalue weighted by molar-refractivity contribution is 6.30. The van der Waals surface area contributed by atoms with E-state index in [-0.39, 0.29) is 30.2 Å². The van der Waals surface area contributed by atoms with Gasteiger partial charge in [-0.3, -0.25) is 14.9 Å². The van der Waals surface area contributed by atoms with E-state index in [1.54, 1.807) is 53.4 Å². The van der Waals surface area contributed by atoms with E-state index >= 15 is 0 Å². The second-order valence-electron chi connectivity index (χ2n) is 7.15. The zero-order valence-electron chi connectivity index (χ0n) is 16.9. The van der Waals surface area contributed by atoms with Crippen molar-refractivity contribution in [2.45, 2.75) is 25.7 Å². The van der Waals surface area contributed by atoms with Gasteiger partial charge in [0.15, 0.2) is 0 Å². The molecule has 1 atom stereocenters. The summed E-state index contributed by atoms with van der Waals surface area (Å²) in [5.74, 6) is 0.346. The van der Waals surface area contributed by atoms with Crippen molar-refractivity contribution in [3.05, 3.63) is 65.0 Å². The molecule has 0 bridgehead atoms. The van der Waals surface area contributed by atoms with E-state index in [0.717, 1.165) is 12.1 Å². The van der Waals surface area contributed by atoms with Crippen molar-refractivity contribution in [2.24, 2.45) is 0 Å². The van der Waals surface area contributed by atoms with Crippen LogP contribution in [0.4, 0.5) is 11.7 Å². The van der Waals surface area contributed by atoms with Gasteiger partial charge >= 0.3 is 6.01 Å². The number of ether oxygens (including phenoxy) is 1. The van der Waals surface area contributed by atoms with Crippen LogP contribution in [0.5, 0.6) is 5.75 Å². The van der Waals surface area contributed by atoms with Gasteiger partial charge in [-0.2, -0.15) is 0 Å². The van der Waals surface area contributed by atoms with Crippen LogP contribution >= 0.6 is 11.6 Å². The van der Waals surface area contributed by atoms with Gasteiger partial charge in [0, 0.05) is 29.2 Å². The van der Waals surface area contributed by atoms with Crippen molar-refractivity contribution in [2.75, 3.05) is 23.4 Å². The average Bonchev–Trinajstić information content (AvgIpc) is 3.40. The molecular formula is C22H21ClN4O4. The first-order chi connectivity index (χ1) is 15.0. The van der Waals surface area contributed by atoms with Crippen LogP contribution in [0.3, 0.4) is 0 Å². The van der Waals surface area contributed by atoms with E-state index < -0.39 is 0 Å². The average molecular weight is 441 g/mol. The lowest BCUT2D eigenvalue weighted by molar-refractivity contribution is -0.117. The second kappa shape index (κ2) is 9.18. The van der Waals surface area contributed by atoms with Crippen LogP contribution < -0.4 is 15.0 Å². The standard InChI is InChI=1S/C22H21ClN4O4/c1-2-11-30-18-9-3-14(4-10-18)20(29)24-22-26-25-21(31-22)15-12-19(28)27(13-15)17-7-5-16(23)6-8-17/h3-10,15H,2,11-13H2,1H3,(H,24,26,29)/t15-/m1/s1. The van der Waals surface area contributed by atoms with Crippen LogP contribution in [0.15, 0.2) is 52.9 Å². The first kappa shape index (κ1) is 20.9. The quantitative estimate of drug-likeness (QED) is 0.588. The van der Waals surface area contributed by atoms with Crippen LogP contribution in [0.2, 0.25) is 5.02 Å². The maximum atomic E-state index is 12.4. The number of aromatic nitrogens is 2. The first-order valence-electron chi connectivity index (χ1n) is 9.97. The summed E-state index contributed by atoms with van der Waals surface area (Å²) in [6, 6.07) is 13.8. The Kier molecular flexibility index (Phi) is 6.18. The Morgan fingerprint density at radius 1 is 1.19 bits per heavy atom. The molecule has 1 aliphatic rings. The van der Waals surface area contributed by atoms with Crippen molar-refractivity contribution in [1.82, 2.24) is 10.2 Å². The molecule has 1 saturated heterocycles. The van der Waals surface area contributed by atoms with Crippen molar-refractivity contribution in [1.29, 1.82) is 0 Å². The van der Waals surface area contributed by atoms with Crippen molar-refractivity contribution in [3.63, 3.8) is 0 Å². The third-order valence-corrected chi connectivity index (χ3v) is 5.12. The number of rotatable bonds is 7. The minimum absolute atomic E-state index is 0.0105. The Balaban J connectivity index is 1.38. The van der Waals surface area contributed by atoms with Crippen LogP contribution in [-0.2, 0) is 4.79 Å². The first-order valence-corrected chi connectivity index (χ1v) is 10.3. The van der Waals surface area contributed by atoms with E-state index in [1.165, 1.54) is 0 Å². The van der Waals surface area contributed by atoms with E-state index in [1.807, 2.05) is 6.92 Å². The van der Waals surface area contributed by atoms with Gasteiger partial charge in [-0.1, -0.05) is 23.6 Å². The minimum Gasteiger partial charge on any atom is -0.494 e. The molecule has 2 aromatic carbocycles. The van der Waals surface area contributed by atoms with Gasteiger partial charge in [-0.25, -0.2) is 0 Å². The summed E-state index contributed by atoms with van der Waals surface area (Å²) in [5.41, 5.74) is 1.20. The molecule has 0 spiro atoms. The highest BCUT2D eigenvalue weighted by Gasteiger charge is 2.35. The summed E-state index contributed by atoms with van der Waals surface area (Å²) in [6.45, 7) is 3.06. The molecule has 0 aliphatic carbocycles. The van der Waals surface area contributed by atoms with Crippen LogP contribution in [0.1, 0.15) is 41.9 Å². The monoisotopic (exact) mass is 440 g/mol. The number of amides is 2. The molecule has 160 valence electrons. The molecule has 1 aliphatic heterocycles. The Hall–Kier alpha value is -3.39. The van der Waals surface area contributed by atoms with E-state index in [0.29, 0.717) is 35.4 Å². The van der Waals surface area contributed by atoms with E-state index in [4.69, 9.17) is 20.8 Å². The third-order valence-electron chi connectivity index (χ3n) is 4.86. The van der Waals surface area contributed by atoms with Crippen LogP contribution in [-0.4, -0.2) is 35.2 Å². The molecule has 31 heavy (non-hydrogen) atoms. The molecule has 2 heterocycles. The molecule has 0 radical (unpaired) electrons. The predicted octanol–water partition coefficient (Wildman–Crippen LogP) is 4.28. The fourth-order valence-corrected chi connectivity index (χ4v) is 3.41. The van der Waals surface area contributed by atoms with Gasteiger partial charge in [-0.05, 0) is 55.0 Å². The number of hydrogen-bond acceptors (Lipinski definition) is 6. The van der Waals surface area contributed by atoms with Gasteiger partial charge in [0.2, 0.25) is 11.8 Å². The van der Waals surface area contributed by atoms with Crippen LogP contribution in [0.25, 0.3) is 0 Å². The summed E-state index contributed by atoms with van der Waals surface area (Å²) >= 11 is 5.92. The van der Waals surface area contributed by atoms with Crippen molar-refractivity contribution in [3.8, 4) is 5.75 Å². The largest absolute Gasteiger partial charge is 0.494 e. The molecule has 1 fully saturated rings. The summed E-state index contributed by atoms with van der Waals surface area (Å²) in [5, 5.41) is 11.1. The highest BCUT2D eigenvalue weighted by Crippen LogP contribution is 2.32. The topological polar surface area (TPSA) is 97.6 Å². The zero-order chi connectivity index (χ0) is 21.8. The molecule has 0 saturated carbocycles. The van der Waals surface area contributed by atoms with Gasteiger partial charge in [0.1, 0.15) is 5.75 Å². The second-order valence-corrected chi connectivity index (χ2v) is 7.59. The normalized spacial score (nSPS) is 15.9. The number of nitrogens with zero attached hydrogens (tertiary/aromatic N) is 3. The van der Waals surface area contributed by atoms with Gasteiger partial charge in [0.05, 0.1) is 12.5 Å². The predicted molar refractivity (Wildman–Crippen MR) is 116 cm³/mol. The summed E-state index contributed by atoms with van der Waals surface area (Å²) < 4.78 is 11.1. The Morgan fingerprint density at radius 3 is 2.65 bits per heavy atom. The molecule has 1 aromatic heterocycles. The molecule has 4 rings (SSSR count).